The number of hydrogen-bond donors (Lipinski definition) is 1. The van der Waals surface area contributed by atoms with Crippen molar-refractivity contribution in [1.29, 1.82) is 0 Å². The molecule has 0 bridgehead atoms. The Morgan fingerprint density at radius 1 is 1.50 bits per heavy atom. The standard InChI is InChI=1S/C9H15NO2/c1-3-5-6-7-10-9(11)12-8-4-2/h3,5-7H,4,8H2,1-2H3,(H,10,11). The van der Waals surface area contributed by atoms with Crippen LogP contribution in [0.1, 0.15) is 20.3 Å². The molecule has 0 fully saturated rings. The van der Waals surface area contributed by atoms with Crippen molar-refractivity contribution in [2.24, 2.45) is 0 Å². The zero-order chi connectivity index (χ0) is 9.23. The minimum Gasteiger partial charge on any atom is -0.449 e. The molecule has 0 aliphatic rings. The summed E-state index contributed by atoms with van der Waals surface area (Å²) in [6, 6.07) is 0. The van der Waals surface area contributed by atoms with Gasteiger partial charge in [0.15, 0.2) is 0 Å². The zero-order valence-corrected chi connectivity index (χ0v) is 7.54. The van der Waals surface area contributed by atoms with E-state index in [-0.39, 0.29) is 0 Å². The molecule has 0 rings (SSSR count). The first-order valence-corrected chi connectivity index (χ1v) is 4.02. The number of carbonyl (C=O) groups is 1. The fourth-order valence-corrected chi connectivity index (χ4v) is 0.519. The summed E-state index contributed by atoms with van der Waals surface area (Å²) < 4.78 is 4.75. The maximum absolute atomic E-state index is 10.8. The molecule has 68 valence electrons. The highest BCUT2D eigenvalue weighted by Crippen LogP contribution is 1.82. The largest absolute Gasteiger partial charge is 0.449 e. The van der Waals surface area contributed by atoms with Crippen LogP contribution in [0.3, 0.4) is 0 Å². The molecule has 1 N–H and O–H groups in total. The topological polar surface area (TPSA) is 38.3 Å². The minimum absolute atomic E-state index is 0.405. The van der Waals surface area contributed by atoms with Gasteiger partial charge in [-0.15, -0.1) is 0 Å². The van der Waals surface area contributed by atoms with E-state index >= 15 is 0 Å². The SMILES string of the molecule is CC=CC=CNC(=O)OCCC. The van der Waals surface area contributed by atoms with Gasteiger partial charge >= 0.3 is 6.09 Å². The average molecular weight is 169 g/mol. The van der Waals surface area contributed by atoms with Crippen molar-refractivity contribution in [3.8, 4) is 0 Å². The highest BCUT2D eigenvalue weighted by molar-refractivity contribution is 5.68. The summed E-state index contributed by atoms with van der Waals surface area (Å²) in [4.78, 5) is 10.8. The summed E-state index contributed by atoms with van der Waals surface area (Å²) in [6.07, 6.45) is 7.39. The number of alkyl carbamates (subject to hydrolysis) is 1. The number of nitrogens with one attached hydrogen (secondary N) is 1. The first kappa shape index (κ1) is 10.8. The Bertz CT molecular complexity index is 173. The summed E-state index contributed by atoms with van der Waals surface area (Å²) in [7, 11) is 0. The molecule has 0 aromatic carbocycles. The van der Waals surface area contributed by atoms with E-state index in [4.69, 9.17) is 4.74 Å². The smallest absolute Gasteiger partial charge is 0.411 e. The Morgan fingerprint density at radius 2 is 2.25 bits per heavy atom. The zero-order valence-electron chi connectivity index (χ0n) is 7.54. The van der Waals surface area contributed by atoms with Gasteiger partial charge in [0, 0.05) is 6.20 Å². The second-order valence-electron chi connectivity index (χ2n) is 2.17. The summed E-state index contributed by atoms with van der Waals surface area (Å²) >= 11 is 0. The molecule has 12 heavy (non-hydrogen) atoms. The van der Waals surface area contributed by atoms with Crippen LogP contribution in [0, 0.1) is 0 Å². The lowest BCUT2D eigenvalue weighted by Crippen LogP contribution is -2.18. The van der Waals surface area contributed by atoms with E-state index < -0.39 is 6.09 Å². The van der Waals surface area contributed by atoms with Crippen molar-refractivity contribution in [2.75, 3.05) is 6.61 Å². The molecular formula is C9H15NO2. The van der Waals surface area contributed by atoms with Crippen molar-refractivity contribution in [3.05, 3.63) is 24.4 Å². The minimum atomic E-state index is -0.405. The third-order valence-electron chi connectivity index (χ3n) is 1.04. The molecule has 0 aromatic rings. The molecule has 3 nitrogen and oxygen atoms in total. The van der Waals surface area contributed by atoms with E-state index in [1.165, 1.54) is 6.20 Å². The number of rotatable bonds is 4. The monoisotopic (exact) mass is 169 g/mol. The van der Waals surface area contributed by atoms with E-state index in [9.17, 15) is 4.79 Å². The van der Waals surface area contributed by atoms with Crippen molar-refractivity contribution in [2.45, 2.75) is 20.3 Å². The number of allylic oxidation sites excluding steroid dienone is 3. The molecule has 0 saturated carbocycles. The molecule has 0 atom stereocenters. The van der Waals surface area contributed by atoms with Gasteiger partial charge in [0.2, 0.25) is 0 Å². The van der Waals surface area contributed by atoms with Crippen LogP contribution >= 0.6 is 0 Å². The number of amides is 1. The van der Waals surface area contributed by atoms with E-state index in [1.807, 2.05) is 26.0 Å². The van der Waals surface area contributed by atoms with Gasteiger partial charge in [-0.25, -0.2) is 4.79 Å². The molecule has 1 amide bonds. The van der Waals surface area contributed by atoms with Crippen LogP contribution < -0.4 is 5.32 Å². The van der Waals surface area contributed by atoms with Gasteiger partial charge in [0.1, 0.15) is 0 Å². The molecule has 0 aromatic heterocycles. The molecule has 0 saturated heterocycles. The molecule has 0 spiro atoms. The first-order valence-electron chi connectivity index (χ1n) is 4.02. The second-order valence-corrected chi connectivity index (χ2v) is 2.17. The number of ether oxygens (including phenoxy) is 1. The van der Waals surface area contributed by atoms with Crippen LogP contribution in [0.25, 0.3) is 0 Å². The van der Waals surface area contributed by atoms with Gasteiger partial charge in [-0.05, 0) is 19.4 Å². The van der Waals surface area contributed by atoms with Crippen LogP contribution in [-0.4, -0.2) is 12.7 Å². The summed E-state index contributed by atoms with van der Waals surface area (Å²) in [5.74, 6) is 0. The Morgan fingerprint density at radius 3 is 2.83 bits per heavy atom. The Balaban J connectivity index is 3.43. The predicted molar refractivity (Wildman–Crippen MR) is 48.7 cm³/mol. The molecule has 0 radical (unpaired) electrons. The lowest BCUT2D eigenvalue weighted by atomic mass is 10.5. The third-order valence-corrected chi connectivity index (χ3v) is 1.04. The van der Waals surface area contributed by atoms with E-state index in [0.29, 0.717) is 6.61 Å². The van der Waals surface area contributed by atoms with Gasteiger partial charge in [0.05, 0.1) is 6.61 Å². The molecule has 0 aliphatic carbocycles. The van der Waals surface area contributed by atoms with E-state index in [1.54, 1.807) is 6.08 Å². The highest BCUT2D eigenvalue weighted by atomic mass is 16.5. The molecule has 0 unspecified atom stereocenters. The third kappa shape index (κ3) is 6.86. The highest BCUT2D eigenvalue weighted by Gasteiger charge is 1.94. The Kier molecular flexibility index (Phi) is 7.03. The maximum atomic E-state index is 10.8. The maximum Gasteiger partial charge on any atom is 0.411 e. The average Bonchev–Trinajstić information content (AvgIpc) is 2.09. The van der Waals surface area contributed by atoms with Gasteiger partial charge in [0.25, 0.3) is 0 Å². The number of carbonyl (C=O) groups excluding carboxylic acids is 1. The van der Waals surface area contributed by atoms with E-state index in [2.05, 4.69) is 5.32 Å². The fourth-order valence-electron chi connectivity index (χ4n) is 0.519. The van der Waals surface area contributed by atoms with Crippen molar-refractivity contribution in [3.63, 3.8) is 0 Å². The number of hydrogen-bond acceptors (Lipinski definition) is 2. The van der Waals surface area contributed by atoms with Crippen LogP contribution in [-0.2, 0) is 4.74 Å². The van der Waals surface area contributed by atoms with Crippen molar-refractivity contribution in [1.82, 2.24) is 5.32 Å². The Hall–Kier alpha value is -1.25. The molecule has 3 heteroatoms. The molecular weight excluding hydrogens is 154 g/mol. The second kappa shape index (κ2) is 7.85. The molecule has 0 aliphatic heterocycles. The van der Waals surface area contributed by atoms with Crippen LogP contribution in [0.4, 0.5) is 4.79 Å². The fraction of sp³-hybridized carbons (Fsp3) is 0.444. The van der Waals surface area contributed by atoms with Gasteiger partial charge < -0.3 is 4.74 Å². The summed E-state index contributed by atoms with van der Waals surface area (Å²) in [5, 5.41) is 2.46. The van der Waals surface area contributed by atoms with Crippen molar-refractivity contribution >= 4 is 6.09 Å². The summed E-state index contributed by atoms with van der Waals surface area (Å²) in [5.41, 5.74) is 0. The van der Waals surface area contributed by atoms with Crippen molar-refractivity contribution < 1.29 is 9.53 Å². The Labute approximate surface area is 73.1 Å². The van der Waals surface area contributed by atoms with Gasteiger partial charge in [-0.1, -0.05) is 19.1 Å². The summed E-state index contributed by atoms with van der Waals surface area (Å²) in [6.45, 7) is 4.31. The van der Waals surface area contributed by atoms with Crippen LogP contribution in [0.15, 0.2) is 24.4 Å². The quantitative estimate of drug-likeness (QED) is 0.655. The predicted octanol–water partition coefficient (Wildman–Crippen LogP) is 2.21. The first-order chi connectivity index (χ1) is 5.81. The normalized spacial score (nSPS) is 10.8. The lowest BCUT2D eigenvalue weighted by molar-refractivity contribution is 0.150. The van der Waals surface area contributed by atoms with Gasteiger partial charge in [-0.3, -0.25) is 5.32 Å². The van der Waals surface area contributed by atoms with Crippen LogP contribution in [0.5, 0.6) is 0 Å². The van der Waals surface area contributed by atoms with Gasteiger partial charge in [-0.2, -0.15) is 0 Å². The lowest BCUT2D eigenvalue weighted by Gasteiger charge is -1.99. The molecule has 0 heterocycles. The van der Waals surface area contributed by atoms with Crippen LogP contribution in [0.2, 0.25) is 0 Å². The van der Waals surface area contributed by atoms with E-state index in [0.717, 1.165) is 6.42 Å².